The van der Waals surface area contributed by atoms with Crippen LogP contribution in [0.2, 0.25) is 0 Å². The lowest BCUT2D eigenvalue weighted by Crippen LogP contribution is -2.53. The maximum Gasteiger partial charge on any atom is 0.196 e. The Bertz CT molecular complexity index is 734. The molecule has 2 N–H and O–H groups in total. The van der Waals surface area contributed by atoms with Crippen molar-refractivity contribution in [3.8, 4) is 0 Å². The number of nitrogens with one attached hydrogen (secondary N) is 1. The number of aliphatic hydroxyl groups excluding tert-OH is 1. The van der Waals surface area contributed by atoms with Crippen molar-refractivity contribution in [1.29, 1.82) is 0 Å². The number of aromatic amines is 1. The van der Waals surface area contributed by atoms with Crippen molar-refractivity contribution in [3.63, 3.8) is 0 Å². The molecular weight excluding hydrogens is 354 g/mol. The first-order valence-corrected chi connectivity index (χ1v) is 10.6. The number of aromatic nitrogens is 3. The third kappa shape index (κ3) is 4.16. The zero-order chi connectivity index (χ0) is 19.6. The van der Waals surface area contributed by atoms with Gasteiger partial charge in [-0.05, 0) is 44.3 Å². The van der Waals surface area contributed by atoms with Gasteiger partial charge in [-0.1, -0.05) is 13.8 Å². The van der Waals surface area contributed by atoms with Gasteiger partial charge in [-0.15, -0.1) is 0 Å². The highest BCUT2D eigenvalue weighted by Crippen LogP contribution is 2.45. The van der Waals surface area contributed by atoms with Gasteiger partial charge < -0.3 is 14.5 Å². The molecule has 2 aliphatic rings. The van der Waals surface area contributed by atoms with Crippen LogP contribution in [0.5, 0.6) is 0 Å². The second kappa shape index (κ2) is 8.35. The Kier molecular flexibility index (Phi) is 5.85. The van der Waals surface area contributed by atoms with Crippen LogP contribution in [0, 0.1) is 11.3 Å². The number of rotatable bonds is 6. The van der Waals surface area contributed by atoms with Crippen LogP contribution in [-0.4, -0.2) is 62.6 Å². The van der Waals surface area contributed by atoms with Gasteiger partial charge in [0.2, 0.25) is 0 Å². The van der Waals surface area contributed by atoms with Crippen molar-refractivity contribution >= 4 is 0 Å². The lowest BCUT2D eigenvalue weighted by Gasteiger charge is -2.51. The van der Waals surface area contributed by atoms with E-state index < -0.39 is 0 Å². The highest BCUT2D eigenvalue weighted by atomic mass is 16.3. The van der Waals surface area contributed by atoms with Crippen molar-refractivity contribution in [3.05, 3.63) is 36.1 Å². The Morgan fingerprint density at radius 1 is 1.21 bits per heavy atom. The normalized spacial score (nSPS) is 23.6. The average molecular weight is 388 g/mol. The van der Waals surface area contributed by atoms with Crippen LogP contribution in [-0.2, 0) is 13.1 Å². The highest BCUT2D eigenvalue weighted by molar-refractivity contribution is 5.02. The van der Waals surface area contributed by atoms with Gasteiger partial charge in [-0.25, -0.2) is 9.97 Å². The Balaban J connectivity index is 1.33. The molecule has 2 fully saturated rings. The Morgan fingerprint density at radius 3 is 2.57 bits per heavy atom. The fourth-order valence-corrected chi connectivity index (χ4v) is 4.88. The summed E-state index contributed by atoms with van der Waals surface area (Å²) in [5.41, 5.74) is 1.28. The quantitative estimate of drug-likeness (QED) is 0.793. The smallest absolute Gasteiger partial charge is 0.196 e. The number of hydrogen-bond acceptors (Lipinski definition) is 6. The molecule has 154 valence electrons. The van der Waals surface area contributed by atoms with Gasteiger partial charge in [-0.2, -0.15) is 0 Å². The maximum atomic E-state index is 10.2. The number of hydrogen-bond donors (Lipinski definition) is 2. The number of nitrogens with zero attached hydrogens (tertiary/aromatic N) is 4. The second-order valence-electron chi connectivity index (χ2n) is 8.87. The van der Waals surface area contributed by atoms with Gasteiger partial charge in [0, 0.05) is 43.9 Å². The van der Waals surface area contributed by atoms with Gasteiger partial charge in [0.15, 0.2) is 5.89 Å². The fourth-order valence-electron chi connectivity index (χ4n) is 4.88. The topological polar surface area (TPSA) is 81.4 Å². The summed E-state index contributed by atoms with van der Waals surface area (Å²) < 4.78 is 5.59. The van der Waals surface area contributed by atoms with Gasteiger partial charge in [-0.3, -0.25) is 9.80 Å². The first-order chi connectivity index (χ1) is 13.6. The molecule has 0 aliphatic carbocycles. The van der Waals surface area contributed by atoms with E-state index in [-0.39, 0.29) is 12.0 Å². The summed E-state index contributed by atoms with van der Waals surface area (Å²) in [6.07, 6.45) is 8.97. The summed E-state index contributed by atoms with van der Waals surface area (Å²) in [7, 11) is 0. The summed E-state index contributed by atoms with van der Waals surface area (Å²) in [5.74, 6) is 2.50. The Labute approximate surface area is 167 Å². The molecule has 1 spiro atoms. The first-order valence-electron chi connectivity index (χ1n) is 10.6. The van der Waals surface area contributed by atoms with Crippen molar-refractivity contribution < 1.29 is 9.52 Å². The maximum absolute atomic E-state index is 10.2. The largest absolute Gasteiger partial charge is 0.448 e. The molecule has 4 rings (SSSR count). The van der Waals surface area contributed by atoms with Gasteiger partial charge in [0.1, 0.15) is 12.1 Å². The van der Waals surface area contributed by atoms with Crippen molar-refractivity contribution in [2.75, 3.05) is 32.8 Å². The number of imidazole rings is 1. The number of aliphatic hydroxyl groups is 1. The zero-order valence-corrected chi connectivity index (χ0v) is 17.1. The van der Waals surface area contributed by atoms with Gasteiger partial charge in [0.05, 0.1) is 12.2 Å². The molecule has 0 radical (unpaired) electrons. The van der Waals surface area contributed by atoms with Crippen molar-refractivity contribution in [2.24, 2.45) is 11.3 Å². The van der Waals surface area contributed by atoms with Crippen LogP contribution < -0.4 is 0 Å². The third-order valence-electron chi connectivity index (χ3n) is 6.72. The molecule has 7 nitrogen and oxygen atoms in total. The summed E-state index contributed by atoms with van der Waals surface area (Å²) in [5, 5.41) is 10.2. The number of H-pyrrole nitrogens is 1. The Hall–Kier alpha value is -1.70. The molecule has 2 saturated heterocycles. The molecule has 28 heavy (non-hydrogen) atoms. The van der Waals surface area contributed by atoms with E-state index in [0.29, 0.717) is 11.8 Å². The minimum absolute atomic E-state index is 0.269. The summed E-state index contributed by atoms with van der Waals surface area (Å²) in [4.78, 5) is 17.1. The van der Waals surface area contributed by atoms with Crippen LogP contribution >= 0.6 is 0 Å². The van der Waals surface area contributed by atoms with E-state index in [1.54, 1.807) is 6.26 Å². The zero-order valence-electron chi connectivity index (χ0n) is 17.1. The summed E-state index contributed by atoms with van der Waals surface area (Å²) >= 11 is 0. The molecule has 0 saturated carbocycles. The molecule has 0 aromatic carbocycles. The molecule has 1 atom stereocenters. The molecule has 0 bridgehead atoms. The molecule has 2 aliphatic heterocycles. The van der Waals surface area contributed by atoms with Crippen LogP contribution in [0.3, 0.4) is 0 Å². The van der Waals surface area contributed by atoms with Crippen molar-refractivity contribution in [2.45, 2.75) is 52.1 Å². The van der Waals surface area contributed by atoms with Crippen LogP contribution in [0.4, 0.5) is 0 Å². The van der Waals surface area contributed by atoms with E-state index in [1.165, 1.54) is 0 Å². The molecule has 2 aromatic rings. The second-order valence-corrected chi connectivity index (χ2v) is 8.87. The molecular formula is C21H33N5O2. The minimum atomic E-state index is 0.269. The summed E-state index contributed by atoms with van der Waals surface area (Å²) in [6, 6.07) is 0. The summed E-state index contributed by atoms with van der Waals surface area (Å²) in [6.45, 7) is 10.3. The average Bonchev–Trinajstić information content (AvgIpc) is 3.37. The SMILES string of the molecule is CC(C)c1nc(CN2CCC3(CCN(Cc4ncc[nH]4)CC3)C(CO)C2)co1. The molecule has 1 unspecified atom stereocenters. The van der Waals surface area contributed by atoms with Gasteiger partial charge in [0.25, 0.3) is 0 Å². The van der Waals surface area contributed by atoms with Crippen LogP contribution in [0.1, 0.15) is 56.4 Å². The van der Waals surface area contributed by atoms with Crippen LogP contribution in [0.25, 0.3) is 0 Å². The Morgan fingerprint density at radius 2 is 1.96 bits per heavy atom. The highest BCUT2D eigenvalue weighted by Gasteiger charge is 2.44. The fraction of sp³-hybridized carbons (Fsp3) is 0.714. The van der Waals surface area contributed by atoms with E-state index >= 15 is 0 Å². The van der Waals surface area contributed by atoms with Gasteiger partial charge >= 0.3 is 0 Å². The predicted octanol–water partition coefficient (Wildman–Crippen LogP) is 2.62. The minimum Gasteiger partial charge on any atom is -0.448 e. The monoisotopic (exact) mass is 387 g/mol. The lowest BCUT2D eigenvalue weighted by molar-refractivity contribution is -0.0455. The third-order valence-corrected chi connectivity index (χ3v) is 6.72. The standard InChI is InChI=1S/C21H33N5O2/c1-16(2)20-24-18(15-28-20)12-26-10-5-21(17(11-26)14-27)3-8-25(9-4-21)13-19-22-6-7-23-19/h6-7,15-17,27H,3-5,8-14H2,1-2H3,(H,22,23). The number of piperidine rings is 2. The molecule has 2 aromatic heterocycles. The first kappa shape index (κ1) is 19.6. The molecule has 4 heterocycles. The van der Waals surface area contributed by atoms with Crippen molar-refractivity contribution in [1.82, 2.24) is 24.8 Å². The van der Waals surface area contributed by atoms with E-state index in [4.69, 9.17) is 4.42 Å². The molecule has 0 amide bonds. The number of likely N-dealkylation sites (tertiary alicyclic amines) is 2. The van der Waals surface area contributed by atoms with E-state index in [0.717, 1.165) is 75.9 Å². The van der Waals surface area contributed by atoms with E-state index in [2.05, 4.69) is 38.6 Å². The van der Waals surface area contributed by atoms with E-state index in [9.17, 15) is 5.11 Å². The molecule has 7 heteroatoms. The predicted molar refractivity (Wildman–Crippen MR) is 107 cm³/mol. The van der Waals surface area contributed by atoms with E-state index in [1.807, 2.05) is 12.4 Å². The lowest BCUT2D eigenvalue weighted by atomic mass is 9.64. The number of oxazole rings is 1. The van der Waals surface area contributed by atoms with Crippen LogP contribution in [0.15, 0.2) is 23.1 Å².